The van der Waals surface area contributed by atoms with Crippen molar-refractivity contribution in [2.45, 2.75) is 25.3 Å². The second-order valence-corrected chi connectivity index (χ2v) is 5.60. The predicted octanol–water partition coefficient (Wildman–Crippen LogP) is 3.02. The van der Waals surface area contributed by atoms with Crippen LogP contribution in [0, 0.1) is 5.82 Å². The molecule has 0 saturated carbocycles. The number of fused-ring (bicyclic) bond motifs is 1. The van der Waals surface area contributed by atoms with Crippen molar-refractivity contribution in [3.8, 4) is 5.75 Å². The molecule has 1 fully saturated rings. The Bertz CT molecular complexity index is 637. The van der Waals surface area contributed by atoms with Gasteiger partial charge < -0.3 is 14.2 Å². The number of hydrogen-bond acceptors (Lipinski definition) is 3. The van der Waals surface area contributed by atoms with E-state index < -0.39 is 5.82 Å². The second-order valence-electron chi connectivity index (χ2n) is 5.34. The number of aromatic nitrogens is 2. The molecule has 21 heavy (non-hydrogen) atoms. The van der Waals surface area contributed by atoms with E-state index in [-0.39, 0.29) is 5.75 Å². The molecule has 0 spiro atoms. The maximum atomic E-state index is 13.8. The Morgan fingerprint density at radius 3 is 2.71 bits per heavy atom. The van der Waals surface area contributed by atoms with Gasteiger partial charge in [-0.3, -0.25) is 0 Å². The predicted molar refractivity (Wildman–Crippen MR) is 81.5 cm³/mol. The summed E-state index contributed by atoms with van der Waals surface area (Å²) in [6.07, 6.45) is 2.54. The zero-order valence-electron chi connectivity index (χ0n) is 12.1. The summed E-state index contributed by atoms with van der Waals surface area (Å²) in [7, 11) is 1.47. The van der Waals surface area contributed by atoms with Gasteiger partial charge in [-0.25, -0.2) is 9.37 Å². The van der Waals surface area contributed by atoms with Gasteiger partial charge in [0.2, 0.25) is 0 Å². The standard InChI is InChI=1S/C15H19ClFN3O/c1-21-14-9-13-12(8-11(14)17)18-15(10-16)20(13)7-6-19-4-2-3-5-19/h8-9H,2-7,10H2,1H3. The Morgan fingerprint density at radius 2 is 2.05 bits per heavy atom. The summed E-state index contributed by atoms with van der Waals surface area (Å²) >= 11 is 5.99. The van der Waals surface area contributed by atoms with Gasteiger partial charge in [0.1, 0.15) is 5.82 Å². The lowest BCUT2D eigenvalue weighted by molar-refractivity contribution is 0.323. The number of rotatable bonds is 5. The number of imidazole rings is 1. The van der Waals surface area contributed by atoms with Crippen molar-refractivity contribution in [3.05, 3.63) is 23.8 Å². The number of halogens is 2. The molecule has 1 aromatic carbocycles. The summed E-state index contributed by atoms with van der Waals surface area (Å²) in [5, 5.41) is 0. The first kappa shape index (κ1) is 14.6. The molecule has 114 valence electrons. The molecule has 0 N–H and O–H groups in total. The summed E-state index contributed by atoms with van der Waals surface area (Å²) in [6, 6.07) is 3.12. The molecule has 1 saturated heterocycles. The van der Waals surface area contributed by atoms with E-state index >= 15 is 0 Å². The fraction of sp³-hybridized carbons (Fsp3) is 0.533. The number of benzene rings is 1. The molecular weight excluding hydrogens is 293 g/mol. The summed E-state index contributed by atoms with van der Waals surface area (Å²) in [5.74, 6) is 0.943. The maximum Gasteiger partial charge on any atom is 0.167 e. The Labute approximate surface area is 128 Å². The van der Waals surface area contributed by atoms with Gasteiger partial charge in [-0.05, 0) is 25.9 Å². The molecule has 0 atom stereocenters. The first-order chi connectivity index (χ1) is 10.2. The molecule has 1 aliphatic rings. The van der Waals surface area contributed by atoms with Crippen molar-refractivity contribution in [2.75, 3.05) is 26.7 Å². The minimum Gasteiger partial charge on any atom is -0.494 e. The number of ether oxygens (including phenoxy) is 1. The third-order valence-electron chi connectivity index (χ3n) is 4.06. The normalized spacial score (nSPS) is 16.0. The molecule has 0 bridgehead atoms. The average molecular weight is 312 g/mol. The van der Waals surface area contributed by atoms with E-state index in [4.69, 9.17) is 16.3 Å². The van der Waals surface area contributed by atoms with Crippen LogP contribution in [0.25, 0.3) is 11.0 Å². The molecule has 1 aromatic heterocycles. The van der Waals surface area contributed by atoms with Crippen LogP contribution in [0.5, 0.6) is 5.75 Å². The van der Waals surface area contributed by atoms with Crippen LogP contribution in [0.1, 0.15) is 18.7 Å². The first-order valence-electron chi connectivity index (χ1n) is 7.24. The Hall–Kier alpha value is -1.33. The minimum absolute atomic E-state index is 0.242. The topological polar surface area (TPSA) is 30.3 Å². The zero-order valence-corrected chi connectivity index (χ0v) is 12.9. The van der Waals surface area contributed by atoms with Gasteiger partial charge in [0.25, 0.3) is 0 Å². The molecule has 0 amide bonds. The van der Waals surface area contributed by atoms with Crippen molar-refractivity contribution < 1.29 is 9.13 Å². The molecule has 0 radical (unpaired) electrons. The molecule has 3 rings (SSSR count). The summed E-state index contributed by atoms with van der Waals surface area (Å²) in [6.45, 7) is 4.09. The quantitative estimate of drug-likeness (QED) is 0.795. The Balaban J connectivity index is 1.93. The van der Waals surface area contributed by atoms with Crippen LogP contribution in [0.15, 0.2) is 12.1 Å². The highest BCUT2D eigenvalue weighted by Gasteiger charge is 2.16. The van der Waals surface area contributed by atoms with Crippen LogP contribution in [0.4, 0.5) is 4.39 Å². The number of alkyl halides is 1. The van der Waals surface area contributed by atoms with Crippen molar-refractivity contribution in [1.29, 1.82) is 0 Å². The van der Waals surface area contributed by atoms with E-state index in [0.717, 1.165) is 37.5 Å². The highest BCUT2D eigenvalue weighted by atomic mass is 35.5. The highest BCUT2D eigenvalue weighted by molar-refractivity contribution is 6.16. The SMILES string of the molecule is COc1cc2c(cc1F)nc(CCl)n2CCN1CCCC1. The van der Waals surface area contributed by atoms with Gasteiger partial charge in [-0.15, -0.1) is 11.6 Å². The fourth-order valence-electron chi connectivity index (χ4n) is 2.93. The molecule has 6 heteroatoms. The van der Waals surface area contributed by atoms with E-state index in [1.54, 1.807) is 6.07 Å². The number of nitrogens with zero attached hydrogens (tertiary/aromatic N) is 3. The van der Waals surface area contributed by atoms with Gasteiger partial charge in [0.05, 0.1) is 24.0 Å². The largest absolute Gasteiger partial charge is 0.494 e. The molecule has 0 aliphatic carbocycles. The van der Waals surface area contributed by atoms with Gasteiger partial charge in [-0.2, -0.15) is 0 Å². The Kier molecular flexibility index (Phi) is 4.31. The fourth-order valence-corrected chi connectivity index (χ4v) is 3.14. The molecular formula is C15H19ClFN3O. The van der Waals surface area contributed by atoms with E-state index in [1.807, 2.05) is 0 Å². The van der Waals surface area contributed by atoms with Crippen LogP contribution < -0.4 is 4.74 Å². The zero-order chi connectivity index (χ0) is 14.8. The van der Waals surface area contributed by atoms with Crippen molar-refractivity contribution in [2.24, 2.45) is 0 Å². The Morgan fingerprint density at radius 1 is 1.29 bits per heavy atom. The van der Waals surface area contributed by atoms with Gasteiger partial charge >= 0.3 is 0 Å². The molecule has 0 unspecified atom stereocenters. The number of hydrogen-bond donors (Lipinski definition) is 0. The second kappa shape index (κ2) is 6.20. The first-order valence-corrected chi connectivity index (χ1v) is 7.77. The maximum absolute atomic E-state index is 13.8. The van der Waals surface area contributed by atoms with E-state index in [2.05, 4.69) is 14.5 Å². The van der Waals surface area contributed by atoms with Crippen LogP contribution in [0.3, 0.4) is 0 Å². The minimum atomic E-state index is -0.393. The van der Waals surface area contributed by atoms with E-state index in [9.17, 15) is 4.39 Å². The number of likely N-dealkylation sites (tertiary alicyclic amines) is 1. The van der Waals surface area contributed by atoms with Gasteiger partial charge in [0, 0.05) is 25.2 Å². The lowest BCUT2D eigenvalue weighted by Crippen LogP contribution is -2.24. The average Bonchev–Trinajstić information content (AvgIpc) is 3.11. The third-order valence-corrected chi connectivity index (χ3v) is 4.30. The highest BCUT2D eigenvalue weighted by Crippen LogP contribution is 2.26. The van der Waals surface area contributed by atoms with Crippen molar-refractivity contribution >= 4 is 22.6 Å². The third kappa shape index (κ3) is 2.85. The van der Waals surface area contributed by atoms with Crippen molar-refractivity contribution in [1.82, 2.24) is 14.5 Å². The summed E-state index contributed by atoms with van der Waals surface area (Å²) in [5.41, 5.74) is 1.51. The van der Waals surface area contributed by atoms with Crippen LogP contribution in [0.2, 0.25) is 0 Å². The van der Waals surface area contributed by atoms with Gasteiger partial charge in [0.15, 0.2) is 11.6 Å². The van der Waals surface area contributed by atoms with Crippen LogP contribution in [-0.2, 0) is 12.4 Å². The lowest BCUT2D eigenvalue weighted by Gasteiger charge is -2.16. The monoisotopic (exact) mass is 311 g/mol. The van der Waals surface area contributed by atoms with Crippen molar-refractivity contribution in [3.63, 3.8) is 0 Å². The number of methoxy groups -OCH3 is 1. The molecule has 2 aromatic rings. The van der Waals surface area contributed by atoms with Gasteiger partial charge in [-0.1, -0.05) is 0 Å². The van der Waals surface area contributed by atoms with E-state index in [0.29, 0.717) is 11.4 Å². The summed E-state index contributed by atoms with van der Waals surface area (Å²) < 4.78 is 20.9. The summed E-state index contributed by atoms with van der Waals surface area (Å²) in [4.78, 5) is 6.86. The van der Waals surface area contributed by atoms with Crippen LogP contribution >= 0.6 is 11.6 Å². The molecule has 2 heterocycles. The smallest absolute Gasteiger partial charge is 0.167 e. The van der Waals surface area contributed by atoms with E-state index in [1.165, 1.54) is 26.0 Å². The lowest BCUT2D eigenvalue weighted by atomic mass is 10.3. The molecule has 4 nitrogen and oxygen atoms in total. The van der Waals surface area contributed by atoms with Crippen LogP contribution in [-0.4, -0.2) is 41.2 Å². The molecule has 1 aliphatic heterocycles.